The molecule has 1 amide bonds. The summed E-state index contributed by atoms with van der Waals surface area (Å²) in [6.45, 7) is 1.08. The third-order valence-corrected chi connectivity index (χ3v) is 3.84. The Kier molecular flexibility index (Phi) is 7.08. The van der Waals surface area contributed by atoms with Crippen LogP contribution < -0.4 is 5.73 Å². The van der Waals surface area contributed by atoms with Crippen LogP contribution in [0.3, 0.4) is 0 Å². The van der Waals surface area contributed by atoms with Gasteiger partial charge in [-0.2, -0.15) is 0 Å². The topological polar surface area (TPSA) is 135 Å². The van der Waals surface area contributed by atoms with Crippen LogP contribution in [0.2, 0.25) is 0 Å². The van der Waals surface area contributed by atoms with E-state index in [-0.39, 0.29) is 25.6 Å². The van der Waals surface area contributed by atoms with E-state index in [2.05, 4.69) is 10.3 Å². The second-order valence-corrected chi connectivity index (χ2v) is 6.32. The molecule has 20 heavy (non-hydrogen) atoms. The smallest absolute Gasteiger partial charge is 0.391 e. The predicted octanol–water partition coefficient (Wildman–Crippen LogP) is -1.28. The van der Waals surface area contributed by atoms with Crippen molar-refractivity contribution in [1.82, 2.24) is 4.90 Å². The number of aliphatic hydroxyl groups excluding tert-OH is 1. The van der Waals surface area contributed by atoms with E-state index in [1.54, 1.807) is 0 Å². The Balaban J connectivity index is 2.32. The summed E-state index contributed by atoms with van der Waals surface area (Å²) in [4.78, 5) is 30.7. The molecular weight excluding hydrogens is 287 g/mol. The lowest BCUT2D eigenvalue weighted by Crippen LogP contribution is -2.50. The minimum absolute atomic E-state index is 0.0354. The van der Waals surface area contributed by atoms with Gasteiger partial charge in [0, 0.05) is 25.4 Å². The molecule has 118 valence electrons. The number of nitrogens with zero attached hydrogens (tertiary/aromatic N) is 1. The molecule has 9 heteroatoms. The van der Waals surface area contributed by atoms with Gasteiger partial charge in [0.2, 0.25) is 5.91 Å². The summed E-state index contributed by atoms with van der Waals surface area (Å²) >= 11 is 0. The molecule has 1 heterocycles. The third kappa shape index (κ3) is 6.30. The molecule has 0 aromatic carbocycles. The molecule has 1 saturated heterocycles. The summed E-state index contributed by atoms with van der Waals surface area (Å²) in [5.41, 5.74) is 3.73. The van der Waals surface area contributed by atoms with Gasteiger partial charge < -0.3 is 25.5 Å². The van der Waals surface area contributed by atoms with Crippen LogP contribution in [0.15, 0.2) is 0 Å². The van der Waals surface area contributed by atoms with Gasteiger partial charge >= 0.3 is 7.82 Å². The standard InChI is InChI=1S/C11H23N2O6P/c12-5-3-1-2-4-11(15)13-6-9(10(14)7-13)8-19-20(16,17)18/h9-10,14H,1-8,12H2,(H2,16,17,18)/p+1. The van der Waals surface area contributed by atoms with Gasteiger partial charge in [0.1, 0.15) is 0 Å². The van der Waals surface area contributed by atoms with Gasteiger partial charge in [-0.3, -0.25) is 9.32 Å². The summed E-state index contributed by atoms with van der Waals surface area (Å²) in [5.74, 6) is -0.488. The van der Waals surface area contributed by atoms with E-state index in [4.69, 9.17) is 9.79 Å². The van der Waals surface area contributed by atoms with Gasteiger partial charge in [-0.05, 0) is 19.3 Å². The molecule has 0 aromatic heterocycles. The lowest BCUT2D eigenvalue weighted by Gasteiger charge is -2.16. The highest BCUT2D eigenvalue weighted by Crippen LogP contribution is 2.37. The molecule has 8 nitrogen and oxygen atoms in total. The van der Waals surface area contributed by atoms with E-state index in [9.17, 15) is 14.5 Å². The quantitative estimate of drug-likeness (QED) is 0.326. The lowest BCUT2D eigenvalue weighted by molar-refractivity contribution is -0.368. The van der Waals surface area contributed by atoms with E-state index >= 15 is 0 Å². The van der Waals surface area contributed by atoms with Gasteiger partial charge in [-0.1, -0.05) is 0 Å². The molecule has 1 aliphatic rings. The number of unbranched alkanes of at least 4 members (excludes halogenated alkanes) is 2. The van der Waals surface area contributed by atoms with Gasteiger partial charge in [0.25, 0.3) is 0 Å². The Morgan fingerprint density at radius 3 is 2.60 bits per heavy atom. The van der Waals surface area contributed by atoms with Crippen LogP contribution in [-0.2, 0) is 13.9 Å². The van der Waals surface area contributed by atoms with Crippen LogP contribution >= 0.6 is 7.82 Å². The van der Waals surface area contributed by atoms with Crippen molar-refractivity contribution < 1.29 is 34.5 Å². The summed E-state index contributed by atoms with van der Waals surface area (Å²) in [6, 6.07) is 0. The van der Waals surface area contributed by atoms with Gasteiger partial charge in [0.05, 0.1) is 19.3 Å². The van der Waals surface area contributed by atoms with Crippen LogP contribution in [0.4, 0.5) is 0 Å². The van der Waals surface area contributed by atoms with Crippen LogP contribution in [-0.4, -0.2) is 58.0 Å². The largest absolute Gasteiger partial charge is 0.469 e. The fraction of sp³-hybridized carbons (Fsp3) is 0.909. The molecule has 1 rings (SSSR count). The van der Waals surface area contributed by atoms with Crippen molar-refractivity contribution in [3.63, 3.8) is 0 Å². The number of phosphoric ester groups is 1. The molecule has 2 atom stereocenters. The summed E-state index contributed by atoms with van der Waals surface area (Å²) in [7, 11) is -4.53. The summed E-state index contributed by atoms with van der Waals surface area (Å²) < 4.78 is 15.0. The molecule has 0 bridgehead atoms. The minimum Gasteiger partial charge on any atom is -0.391 e. The van der Waals surface area contributed by atoms with Crippen molar-refractivity contribution in [3.05, 3.63) is 0 Å². The molecule has 1 fully saturated rings. The Labute approximate surface area is 118 Å². The van der Waals surface area contributed by atoms with Crippen molar-refractivity contribution in [3.8, 4) is 0 Å². The normalized spacial score (nSPS) is 23.3. The highest BCUT2D eigenvalue weighted by molar-refractivity contribution is 7.46. The zero-order chi connectivity index (χ0) is 15.2. The van der Waals surface area contributed by atoms with E-state index in [0.717, 1.165) is 25.8 Å². The number of hydrogen-bond acceptors (Lipinski definition) is 4. The molecule has 0 aliphatic carbocycles. The van der Waals surface area contributed by atoms with E-state index in [1.807, 2.05) is 0 Å². The molecule has 6 N–H and O–H groups in total. The molecule has 1 aliphatic heterocycles. The van der Waals surface area contributed by atoms with Crippen LogP contribution in [0.1, 0.15) is 25.7 Å². The van der Waals surface area contributed by atoms with Crippen molar-refractivity contribution in [2.75, 3.05) is 26.2 Å². The highest BCUT2D eigenvalue weighted by Gasteiger charge is 2.35. The number of quaternary nitrogens is 1. The van der Waals surface area contributed by atoms with E-state index in [0.29, 0.717) is 6.42 Å². The first kappa shape index (κ1) is 17.6. The Morgan fingerprint density at radius 2 is 2.00 bits per heavy atom. The summed E-state index contributed by atoms with van der Waals surface area (Å²) in [6.07, 6.45) is 2.37. The molecule has 0 radical (unpaired) electrons. The second kappa shape index (κ2) is 8.07. The van der Waals surface area contributed by atoms with Gasteiger partial charge in [-0.25, -0.2) is 4.57 Å². The number of rotatable bonds is 8. The fourth-order valence-corrected chi connectivity index (χ4v) is 2.59. The zero-order valence-electron chi connectivity index (χ0n) is 11.5. The Bertz CT molecular complexity index is 361. The van der Waals surface area contributed by atoms with Crippen LogP contribution in [0, 0.1) is 5.92 Å². The number of amides is 1. The first-order chi connectivity index (χ1) is 9.33. The number of likely N-dealkylation sites (tertiary alicyclic amines) is 1. The van der Waals surface area contributed by atoms with Gasteiger partial charge in [-0.15, -0.1) is 0 Å². The van der Waals surface area contributed by atoms with Crippen molar-refractivity contribution in [1.29, 1.82) is 0 Å². The SMILES string of the molecule is [NH3+]CCCCCC(=O)N1CC(O)C(COP(=O)(O)O)C1. The average molecular weight is 311 g/mol. The monoisotopic (exact) mass is 311 g/mol. The maximum Gasteiger partial charge on any atom is 0.469 e. The maximum absolute atomic E-state index is 11.9. The number of phosphoric acid groups is 1. The first-order valence-corrected chi connectivity index (χ1v) is 8.31. The lowest BCUT2D eigenvalue weighted by atomic mass is 10.1. The summed E-state index contributed by atoms with van der Waals surface area (Å²) in [5, 5.41) is 9.78. The molecule has 2 unspecified atom stereocenters. The van der Waals surface area contributed by atoms with E-state index in [1.165, 1.54) is 4.90 Å². The van der Waals surface area contributed by atoms with Crippen LogP contribution in [0.5, 0.6) is 0 Å². The first-order valence-electron chi connectivity index (χ1n) is 6.78. The number of hydrogen-bond donors (Lipinski definition) is 4. The minimum atomic E-state index is -4.53. The molecule has 0 saturated carbocycles. The third-order valence-electron chi connectivity index (χ3n) is 3.36. The molecule has 0 aromatic rings. The van der Waals surface area contributed by atoms with Crippen LogP contribution in [0.25, 0.3) is 0 Å². The number of carbonyl (C=O) groups excluding carboxylic acids is 1. The zero-order valence-corrected chi connectivity index (χ0v) is 12.4. The van der Waals surface area contributed by atoms with Gasteiger partial charge in [0.15, 0.2) is 0 Å². The Hall–Kier alpha value is -0.500. The average Bonchev–Trinajstić information content (AvgIpc) is 2.73. The maximum atomic E-state index is 11.9. The van der Waals surface area contributed by atoms with Crippen molar-refractivity contribution >= 4 is 13.7 Å². The van der Waals surface area contributed by atoms with Crippen molar-refractivity contribution in [2.24, 2.45) is 5.92 Å². The Morgan fingerprint density at radius 1 is 1.30 bits per heavy atom. The molecular formula is C11H24N2O6P+. The number of β-amino-alcohol motifs (C(OH)–C–C–N with tert-alkyl or cyclic N) is 1. The fourth-order valence-electron chi connectivity index (χ4n) is 2.20. The van der Waals surface area contributed by atoms with Crippen molar-refractivity contribution in [2.45, 2.75) is 31.8 Å². The predicted molar refractivity (Wildman–Crippen MR) is 70.3 cm³/mol. The number of aliphatic hydroxyl groups is 1. The number of carbonyl (C=O) groups is 1. The second-order valence-electron chi connectivity index (χ2n) is 5.08. The highest BCUT2D eigenvalue weighted by atomic mass is 31.2. The molecule has 0 spiro atoms. The van der Waals surface area contributed by atoms with E-state index < -0.39 is 19.8 Å².